The standard InChI is InChI=1S/C18H18Cl2N2O2/c1-11(2)10-12-6-8-13(9-7-12)22(18(21)24)17(23)16-14(19)4-3-5-15(16)20/h3-9,11H,10H2,1-2H3,(H2,21,24). The Hall–Kier alpha value is -2.04. The second-order valence-electron chi connectivity index (χ2n) is 5.84. The van der Waals surface area contributed by atoms with Crippen molar-refractivity contribution in [1.29, 1.82) is 0 Å². The van der Waals surface area contributed by atoms with Crippen molar-refractivity contribution in [3.8, 4) is 0 Å². The molecule has 0 spiro atoms. The SMILES string of the molecule is CC(C)Cc1ccc(N(C(N)=O)C(=O)c2c(Cl)cccc2Cl)cc1. The lowest BCUT2D eigenvalue weighted by Gasteiger charge is -2.20. The third kappa shape index (κ3) is 4.08. The molecule has 0 unspecified atom stereocenters. The van der Waals surface area contributed by atoms with Gasteiger partial charge in [0, 0.05) is 0 Å². The van der Waals surface area contributed by atoms with Crippen molar-refractivity contribution < 1.29 is 9.59 Å². The van der Waals surface area contributed by atoms with E-state index in [0.717, 1.165) is 16.9 Å². The third-order valence-electron chi connectivity index (χ3n) is 3.44. The molecule has 2 aromatic rings. The summed E-state index contributed by atoms with van der Waals surface area (Å²) in [5.41, 5.74) is 6.94. The Bertz CT molecular complexity index is 738. The molecule has 6 heteroatoms. The minimum atomic E-state index is -0.896. The summed E-state index contributed by atoms with van der Waals surface area (Å²) in [5, 5.41) is 0.324. The maximum atomic E-state index is 12.7. The summed E-state index contributed by atoms with van der Waals surface area (Å²) in [6.45, 7) is 4.24. The fourth-order valence-electron chi connectivity index (χ4n) is 2.41. The van der Waals surface area contributed by atoms with Crippen molar-refractivity contribution in [2.75, 3.05) is 4.90 Å². The highest BCUT2D eigenvalue weighted by atomic mass is 35.5. The lowest BCUT2D eigenvalue weighted by Crippen LogP contribution is -2.41. The Morgan fingerprint density at radius 3 is 2.04 bits per heavy atom. The number of nitrogens with zero attached hydrogens (tertiary/aromatic N) is 1. The van der Waals surface area contributed by atoms with Gasteiger partial charge in [0.1, 0.15) is 0 Å². The first-order valence-electron chi connectivity index (χ1n) is 7.48. The van der Waals surface area contributed by atoms with E-state index >= 15 is 0 Å². The molecule has 126 valence electrons. The number of hydrogen-bond acceptors (Lipinski definition) is 2. The molecule has 0 saturated heterocycles. The van der Waals surface area contributed by atoms with Gasteiger partial charge in [0.2, 0.25) is 0 Å². The van der Waals surface area contributed by atoms with Gasteiger partial charge in [-0.15, -0.1) is 0 Å². The zero-order valence-electron chi connectivity index (χ0n) is 13.4. The van der Waals surface area contributed by atoms with E-state index in [1.807, 2.05) is 12.1 Å². The van der Waals surface area contributed by atoms with Gasteiger partial charge >= 0.3 is 6.03 Å². The summed E-state index contributed by atoms with van der Waals surface area (Å²) in [6.07, 6.45) is 0.904. The minimum absolute atomic E-state index is 0.0471. The van der Waals surface area contributed by atoms with E-state index < -0.39 is 11.9 Å². The number of nitrogens with two attached hydrogens (primary N) is 1. The number of urea groups is 1. The number of hydrogen-bond donors (Lipinski definition) is 1. The third-order valence-corrected chi connectivity index (χ3v) is 4.07. The Labute approximate surface area is 151 Å². The second-order valence-corrected chi connectivity index (χ2v) is 6.65. The summed E-state index contributed by atoms with van der Waals surface area (Å²) >= 11 is 12.1. The molecule has 0 aliphatic carbocycles. The summed E-state index contributed by atoms with van der Waals surface area (Å²) in [7, 11) is 0. The lowest BCUT2D eigenvalue weighted by atomic mass is 10.0. The van der Waals surface area contributed by atoms with Gasteiger partial charge in [-0.25, -0.2) is 9.69 Å². The Morgan fingerprint density at radius 2 is 1.58 bits per heavy atom. The number of rotatable bonds is 4. The minimum Gasteiger partial charge on any atom is -0.351 e. The maximum Gasteiger partial charge on any atom is 0.326 e. The molecule has 0 radical (unpaired) electrons. The summed E-state index contributed by atoms with van der Waals surface area (Å²) < 4.78 is 0. The zero-order chi connectivity index (χ0) is 17.9. The molecule has 0 heterocycles. The number of benzene rings is 2. The molecule has 0 saturated carbocycles. The van der Waals surface area contributed by atoms with Crippen molar-refractivity contribution in [1.82, 2.24) is 0 Å². The van der Waals surface area contributed by atoms with E-state index in [2.05, 4.69) is 13.8 Å². The molecule has 4 nitrogen and oxygen atoms in total. The lowest BCUT2D eigenvalue weighted by molar-refractivity contribution is 0.0995. The van der Waals surface area contributed by atoms with Gasteiger partial charge in [-0.2, -0.15) is 0 Å². The van der Waals surface area contributed by atoms with Crippen LogP contribution in [0.15, 0.2) is 42.5 Å². The Balaban J connectivity index is 2.39. The molecule has 2 N–H and O–H groups in total. The maximum absolute atomic E-state index is 12.7. The average molecular weight is 365 g/mol. The Morgan fingerprint density at radius 1 is 1.04 bits per heavy atom. The summed E-state index contributed by atoms with van der Waals surface area (Å²) in [6, 6.07) is 10.9. The monoisotopic (exact) mass is 364 g/mol. The second kappa shape index (κ2) is 7.69. The van der Waals surface area contributed by atoms with Gasteiger partial charge in [0.05, 0.1) is 21.3 Å². The molecular weight excluding hydrogens is 347 g/mol. The Kier molecular flexibility index (Phi) is 5.86. The van der Waals surface area contributed by atoms with Crippen LogP contribution in [0.3, 0.4) is 0 Å². The highest BCUT2D eigenvalue weighted by Gasteiger charge is 2.26. The molecule has 0 atom stereocenters. The predicted molar refractivity (Wildman–Crippen MR) is 97.8 cm³/mol. The van der Waals surface area contributed by atoms with Gasteiger partial charge in [-0.3, -0.25) is 4.79 Å². The molecule has 2 aromatic carbocycles. The van der Waals surface area contributed by atoms with Crippen LogP contribution in [0.25, 0.3) is 0 Å². The van der Waals surface area contributed by atoms with Crippen LogP contribution in [-0.2, 0) is 6.42 Å². The number of halogens is 2. The van der Waals surface area contributed by atoms with Crippen LogP contribution in [-0.4, -0.2) is 11.9 Å². The molecule has 0 bridgehead atoms. The molecule has 24 heavy (non-hydrogen) atoms. The summed E-state index contributed by atoms with van der Waals surface area (Å²) in [5.74, 6) is -0.152. The first kappa shape index (κ1) is 18.3. The largest absolute Gasteiger partial charge is 0.351 e. The van der Waals surface area contributed by atoms with Gasteiger partial charge in [0.25, 0.3) is 5.91 Å². The van der Waals surface area contributed by atoms with Crippen molar-refractivity contribution >= 4 is 40.8 Å². The fraction of sp³-hybridized carbons (Fsp3) is 0.222. The van der Waals surface area contributed by atoms with Crippen molar-refractivity contribution in [3.63, 3.8) is 0 Å². The van der Waals surface area contributed by atoms with E-state index in [4.69, 9.17) is 28.9 Å². The predicted octanol–water partition coefficient (Wildman–Crippen LogP) is 4.92. The topological polar surface area (TPSA) is 63.4 Å². The highest BCUT2D eigenvalue weighted by molar-refractivity contribution is 6.41. The number of carbonyl (C=O) groups excluding carboxylic acids is 2. The molecule has 0 aromatic heterocycles. The van der Waals surface area contributed by atoms with E-state index in [0.29, 0.717) is 11.6 Å². The molecule has 0 aliphatic rings. The smallest absolute Gasteiger partial charge is 0.326 e. The van der Waals surface area contributed by atoms with E-state index in [9.17, 15) is 9.59 Å². The van der Waals surface area contributed by atoms with Gasteiger partial charge in [-0.1, -0.05) is 55.2 Å². The molecule has 2 rings (SSSR count). The van der Waals surface area contributed by atoms with Gasteiger partial charge in [0.15, 0.2) is 0 Å². The first-order valence-corrected chi connectivity index (χ1v) is 8.23. The van der Waals surface area contributed by atoms with Crippen molar-refractivity contribution in [3.05, 3.63) is 63.6 Å². The number of anilines is 1. The van der Waals surface area contributed by atoms with Gasteiger partial charge < -0.3 is 5.73 Å². The highest BCUT2D eigenvalue weighted by Crippen LogP contribution is 2.28. The van der Waals surface area contributed by atoms with Crippen molar-refractivity contribution in [2.45, 2.75) is 20.3 Å². The molecule has 0 fully saturated rings. The van der Waals surface area contributed by atoms with Gasteiger partial charge in [-0.05, 0) is 42.2 Å². The van der Waals surface area contributed by atoms with Crippen LogP contribution in [0.5, 0.6) is 0 Å². The number of carbonyl (C=O) groups is 2. The van der Waals surface area contributed by atoms with Crippen LogP contribution >= 0.6 is 23.2 Å². The number of primary amides is 1. The number of imide groups is 1. The van der Waals surface area contributed by atoms with Crippen molar-refractivity contribution in [2.24, 2.45) is 11.7 Å². The normalized spacial score (nSPS) is 10.7. The molecular formula is C18H18Cl2N2O2. The fourth-order valence-corrected chi connectivity index (χ4v) is 2.97. The van der Waals surface area contributed by atoms with E-state index in [1.54, 1.807) is 18.2 Å². The zero-order valence-corrected chi connectivity index (χ0v) is 14.9. The van der Waals surface area contributed by atoms with E-state index in [1.165, 1.54) is 12.1 Å². The first-order chi connectivity index (χ1) is 11.3. The van der Waals surface area contributed by atoms with E-state index in [-0.39, 0.29) is 15.6 Å². The van der Waals surface area contributed by atoms with Crippen LogP contribution in [0, 0.1) is 5.92 Å². The van der Waals surface area contributed by atoms with Crippen LogP contribution in [0.2, 0.25) is 10.0 Å². The average Bonchev–Trinajstić information content (AvgIpc) is 2.48. The van der Waals surface area contributed by atoms with Crippen LogP contribution in [0.1, 0.15) is 29.8 Å². The molecule has 3 amide bonds. The van der Waals surface area contributed by atoms with Crippen LogP contribution in [0.4, 0.5) is 10.5 Å². The quantitative estimate of drug-likeness (QED) is 0.836. The number of amides is 3. The van der Waals surface area contributed by atoms with Crippen LogP contribution < -0.4 is 10.6 Å². The summed E-state index contributed by atoms with van der Waals surface area (Å²) in [4.78, 5) is 25.5. The molecule has 0 aliphatic heterocycles.